The van der Waals surface area contributed by atoms with Gasteiger partial charge in [0.05, 0.1) is 6.20 Å². The molecule has 140 valence electrons. The quantitative estimate of drug-likeness (QED) is 0.715. The first-order valence-corrected chi connectivity index (χ1v) is 9.20. The summed E-state index contributed by atoms with van der Waals surface area (Å²) in [6.45, 7) is 5.19. The molecule has 1 saturated heterocycles. The van der Waals surface area contributed by atoms with Crippen LogP contribution in [0.4, 0.5) is 11.8 Å². The standard InChI is InChI=1S/C19H23N7O/c1-14(27)25-8-10-26(11-9-25)19-23-18(13-22-24-19)20-7-6-15-12-21-17-5-3-2-4-16(15)17/h2-5,12-13,21H,6-11H2,1H3,(H,20,23,24). The SMILES string of the molecule is CC(=O)N1CCN(c2nncc(NCCc3c[nH]c4ccccc34)n2)CC1. The number of nitrogens with one attached hydrogen (secondary N) is 2. The van der Waals surface area contributed by atoms with Gasteiger partial charge in [-0.25, -0.2) is 0 Å². The Morgan fingerprint density at radius 1 is 1.22 bits per heavy atom. The van der Waals surface area contributed by atoms with Gasteiger partial charge in [0.15, 0.2) is 5.82 Å². The van der Waals surface area contributed by atoms with Crippen LogP contribution in [0.15, 0.2) is 36.7 Å². The summed E-state index contributed by atoms with van der Waals surface area (Å²) in [6, 6.07) is 8.30. The summed E-state index contributed by atoms with van der Waals surface area (Å²) in [5.74, 6) is 1.44. The number of fused-ring (bicyclic) bond motifs is 1. The molecule has 1 fully saturated rings. The normalized spacial score (nSPS) is 14.6. The predicted molar refractivity (Wildman–Crippen MR) is 105 cm³/mol. The Kier molecular flexibility index (Phi) is 4.86. The molecule has 8 nitrogen and oxygen atoms in total. The molecular weight excluding hydrogens is 342 g/mol. The van der Waals surface area contributed by atoms with Crippen molar-refractivity contribution in [2.24, 2.45) is 0 Å². The van der Waals surface area contributed by atoms with Gasteiger partial charge in [0.25, 0.3) is 0 Å². The van der Waals surface area contributed by atoms with E-state index in [1.165, 1.54) is 10.9 Å². The van der Waals surface area contributed by atoms with Crippen LogP contribution in [0.3, 0.4) is 0 Å². The highest BCUT2D eigenvalue weighted by Crippen LogP contribution is 2.18. The highest BCUT2D eigenvalue weighted by molar-refractivity contribution is 5.83. The number of carbonyl (C=O) groups is 1. The molecule has 27 heavy (non-hydrogen) atoms. The van der Waals surface area contributed by atoms with Crippen molar-refractivity contribution in [3.63, 3.8) is 0 Å². The first kappa shape index (κ1) is 17.3. The molecular formula is C19H23N7O. The third-order valence-corrected chi connectivity index (χ3v) is 4.93. The zero-order chi connectivity index (χ0) is 18.6. The van der Waals surface area contributed by atoms with Gasteiger partial charge in [-0.1, -0.05) is 18.2 Å². The third-order valence-electron chi connectivity index (χ3n) is 4.93. The van der Waals surface area contributed by atoms with Crippen LogP contribution >= 0.6 is 0 Å². The van der Waals surface area contributed by atoms with Crippen molar-refractivity contribution in [1.29, 1.82) is 0 Å². The number of rotatable bonds is 5. The van der Waals surface area contributed by atoms with E-state index < -0.39 is 0 Å². The Bertz CT molecular complexity index is 930. The van der Waals surface area contributed by atoms with E-state index in [-0.39, 0.29) is 5.91 Å². The second kappa shape index (κ2) is 7.61. The number of para-hydroxylation sites is 1. The predicted octanol–water partition coefficient (Wildman–Crippen LogP) is 1.68. The maximum absolute atomic E-state index is 11.4. The monoisotopic (exact) mass is 365 g/mol. The molecule has 0 saturated carbocycles. The summed E-state index contributed by atoms with van der Waals surface area (Å²) in [5.41, 5.74) is 2.43. The molecule has 1 aliphatic heterocycles. The Hall–Kier alpha value is -3.16. The fraction of sp³-hybridized carbons (Fsp3) is 0.368. The van der Waals surface area contributed by atoms with Gasteiger partial charge in [-0.3, -0.25) is 4.79 Å². The lowest BCUT2D eigenvalue weighted by Crippen LogP contribution is -2.48. The zero-order valence-corrected chi connectivity index (χ0v) is 15.4. The Morgan fingerprint density at radius 3 is 2.85 bits per heavy atom. The molecule has 0 bridgehead atoms. The van der Waals surface area contributed by atoms with Crippen molar-refractivity contribution in [2.45, 2.75) is 13.3 Å². The van der Waals surface area contributed by atoms with E-state index in [4.69, 9.17) is 0 Å². The number of carbonyl (C=O) groups excluding carboxylic acids is 1. The van der Waals surface area contributed by atoms with Crippen LogP contribution < -0.4 is 10.2 Å². The minimum absolute atomic E-state index is 0.112. The number of hydrogen-bond acceptors (Lipinski definition) is 6. The molecule has 0 atom stereocenters. The average Bonchev–Trinajstić information content (AvgIpc) is 3.12. The largest absolute Gasteiger partial charge is 0.368 e. The van der Waals surface area contributed by atoms with Crippen molar-refractivity contribution in [1.82, 2.24) is 25.1 Å². The molecule has 8 heteroatoms. The van der Waals surface area contributed by atoms with Crippen molar-refractivity contribution in [3.8, 4) is 0 Å². The second-order valence-corrected chi connectivity index (χ2v) is 6.67. The number of aromatic nitrogens is 4. The fourth-order valence-corrected chi connectivity index (χ4v) is 3.40. The minimum Gasteiger partial charge on any atom is -0.368 e. The summed E-state index contributed by atoms with van der Waals surface area (Å²) in [5, 5.41) is 12.8. The van der Waals surface area contributed by atoms with Crippen LogP contribution in [0.1, 0.15) is 12.5 Å². The van der Waals surface area contributed by atoms with E-state index in [0.717, 1.165) is 31.6 Å². The van der Waals surface area contributed by atoms with Gasteiger partial charge in [0, 0.05) is 56.7 Å². The van der Waals surface area contributed by atoms with Crippen LogP contribution in [0.25, 0.3) is 10.9 Å². The summed E-state index contributed by atoms with van der Waals surface area (Å²) < 4.78 is 0. The number of amides is 1. The summed E-state index contributed by atoms with van der Waals surface area (Å²) >= 11 is 0. The highest BCUT2D eigenvalue weighted by atomic mass is 16.2. The number of anilines is 2. The van der Waals surface area contributed by atoms with Gasteiger partial charge in [0.2, 0.25) is 11.9 Å². The van der Waals surface area contributed by atoms with Crippen molar-refractivity contribution in [2.75, 3.05) is 42.9 Å². The smallest absolute Gasteiger partial charge is 0.247 e. The lowest BCUT2D eigenvalue weighted by molar-refractivity contribution is -0.129. The van der Waals surface area contributed by atoms with E-state index >= 15 is 0 Å². The van der Waals surface area contributed by atoms with Crippen molar-refractivity contribution >= 4 is 28.6 Å². The first-order chi connectivity index (χ1) is 13.2. The topological polar surface area (TPSA) is 90.0 Å². The van der Waals surface area contributed by atoms with Gasteiger partial charge in [-0.15, -0.1) is 5.10 Å². The molecule has 2 aromatic heterocycles. The Balaban J connectivity index is 1.35. The van der Waals surface area contributed by atoms with Crippen molar-refractivity contribution in [3.05, 3.63) is 42.2 Å². The summed E-state index contributed by atoms with van der Waals surface area (Å²) in [6.07, 6.45) is 4.59. The summed E-state index contributed by atoms with van der Waals surface area (Å²) in [7, 11) is 0. The van der Waals surface area contributed by atoms with E-state index in [2.05, 4.69) is 54.8 Å². The van der Waals surface area contributed by atoms with Crippen molar-refractivity contribution < 1.29 is 4.79 Å². The molecule has 4 rings (SSSR count). The molecule has 0 radical (unpaired) electrons. The molecule has 3 heterocycles. The van der Waals surface area contributed by atoms with Gasteiger partial charge < -0.3 is 20.1 Å². The number of aromatic amines is 1. The average molecular weight is 365 g/mol. The lowest BCUT2D eigenvalue weighted by Gasteiger charge is -2.33. The highest BCUT2D eigenvalue weighted by Gasteiger charge is 2.20. The molecule has 1 aromatic carbocycles. The van der Waals surface area contributed by atoms with Gasteiger partial charge in [-0.2, -0.15) is 10.1 Å². The molecule has 2 N–H and O–H groups in total. The van der Waals surface area contributed by atoms with E-state index in [9.17, 15) is 4.79 Å². The Labute approximate surface area is 157 Å². The minimum atomic E-state index is 0.112. The number of piperazine rings is 1. The fourth-order valence-electron chi connectivity index (χ4n) is 3.40. The first-order valence-electron chi connectivity index (χ1n) is 9.20. The molecule has 3 aromatic rings. The van der Waals surface area contributed by atoms with E-state index in [1.54, 1.807) is 13.1 Å². The Morgan fingerprint density at radius 2 is 2.04 bits per heavy atom. The molecule has 1 amide bonds. The van der Waals surface area contributed by atoms with Crippen LogP contribution in [0, 0.1) is 0 Å². The third kappa shape index (κ3) is 3.84. The van der Waals surface area contributed by atoms with E-state index in [0.29, 0.717) is 24.9 Å². The number of H-pyrrole nitrogens is 1. The van der Waals surface area contributed by atoms with Gasteiger partial charge in [-0.05, 0) is 18.1 Å². The molecule has 0 unspecified atom stereocenters. The number of benzene rings is 1. The maximum Gasteiger partial charge on any atom is 0.247 e. The van der Waals surface area contributed by atoms with Crippen LogP contribution in [-0.4, -0.2) is 63.7 Å². The van der Waals surface area contributed by atoms with Crippen LogP contribution in [-0.2, 0) is 11.2 Å². The molecule has 1 aliphatic rings. The number of nitrogens with zero attached hydrogens (tertiary/aromatic N) is 5. The van der Waals surface area contributed by atoms with Crippen LogP contribution in [0.5, 0.6) is 0 Å². The maximum atomic E-state index is 11.4. The summed E-state index contributed by atoms with van der Waals surface area (Å²) in [4.78, 5) is 23.2. The van der Waals surface area contributed by atoms with E-state index in [1.807, 2.05) is 11.0 Å². The van der Waals surface area contributed by atoms with Gasteiger partial charge in [0.1, 0.15) is 0 Å². The number of hydrogen-bond donors (Lipinski definition) is 2. The molecule has 0 aliphatic carbocycles. The molecule has 0 spiro atoms. The zero-order valence-electron chi connectivity index (χ0n) is 15.4. The van der Waals surface area contributed by atoms with Crippen LogP contribution in [0.2, 0.25) is 0 Å². The lowest BCUT2D eigenvalue weighted by atomic mass is 10.1. The van der Waals surface area contributed by atoms with Gasteiger partial charge >= 0.3 is 0 Å². The second-order valence-electron chi connectivity index (χ2n) is 6.67.